The van der Waals surface area contributed by atoms with Crippen molar-refractivity contribution in [2.45, 2.75) is 77.7 Å². The molecule has 3 atom stereocenters. The Morgan fingerprint density at radius 3 is 2.95 bits per heavy atom. The maximum absolute atomic E-state index is 5.43. The Balaban J connectivity index is 1.85. The number of hydrogen-bond acceptors (Lipinski definition) is 4. The summed E-state index contributed by atoms with van der Waals surface area (Å²) in [6, 6.07) is 0.509. The highest BCUT2D eigenvalue weighted by Gasteiger charge is 2.25. The molecule has 2 rings (SSSR count). The average molecular weight is 279 g/mol. The monoisotopic (exact) mass is 279 g/mol. The van der Waals surface area contributed by atoms with Gasteiger partial charge in [0.25, 0.3) is 0 Å². The SMILES string of the molecule is CCNC(C)CCc1nc(C2CCCC(CC)C2)no1. The second-order valence-corrected chi connectivity index (χ2v) is 6.18. The topological polar surface area (TPSA) is 51.0 Å². The lowest BCUT2D eigenvalue weighted by Crippen LogP contribution is -2.25. The molecule has 4 heteroatoms. The third kappa shape index (κ3) is 4.30. The molecule has 114 valence electrons. The molecule has 0 aromatic carbocycles. The first-order valence-corrected chi connectivity index (χ1v) is 8.28. The standard InChI is InChI=1S/C16H29N3O/c1-4-13-7-6-8-14(11-13)16-18-15(20-19-16)10-9-12(3)17-5-2/h12-14,17H,4-11H2,1-3H3. The van der Waals surface area contributed by atoms with Gasteiger partial charge in [0, 0.05) is 18.4 Å². The summed E-state index contributed by atoms with van der Waals surface area (Å²) in [4.78, 5) is 4.63. The smallest absolute Gasteiger partial charge is 0.226 e. The van der Waals surface area contributed by atoms with E-state index in [1.807, 2.05) is 0 Å². The van der Waals surface area contributed by atoms with Gasteiger partial charge in [-0.1, -0.05) is 38.3 Å². The first-order chi connectivity index (χ1) is 9.72. The molecule has 1 heterocycles. The van der Waals surface area contributed by atoms with Crippen molar-refractivity contribution in [1.29, 1.82) is 0 Å². The second-order valence-electron chi connectivity index (χ2n) is 6.18. The molecule has 0 saturated heterocycles. The van der Waals surface area contributed by atoms with Crippen molar-refractivity contribution < 1.29 is 4.52 Å². The van der Waals surface area contributed by atoms with E-state index in [-0.39, 0.29) is 0 Å². The zero-order valence-corrected chi connectivity index (χ0v) is 13.2. The zero-order valence-electron chi connectivity index (χ0n) is 13.2. The van der Waals surface area contributed by atoms with Crippen LogP contribution in [-0.4, -0.2) is 22.7 Å². The van der Waals surface area contributed by atoms with Crippen molar-refractivity contribution >= 4 is 0 Å². The molecule has 1 aromatic heterocycles. The summed E-state index contributed by atoms with van der Waals surface area (Å²) in [5.41, 5.74) is 0. The third-order valence-electron chi connectivity index (χ3n) is 4.55. The summed E-state index contributed by atoms with van der Waals surface area (Å²) in [5, 5.41) is 7.64. The fourth-order valence-corrected chi connectivity index (χ4v) is 3.22. The predicted molar refractivity (Wildman–Crippen MR) is 80.7 cm³/mol. The normalized spacial score (nSPS) is 24.8. The summed E-state index contributed by atoms with van der Waals surface area (Å²) >= 11 is 0. The van der Waals surface area contributed by atoms with Crippen molar-refractivity contribution in [3.8, 4) is 0 Å². The summed E-state index contributed by atoms with van der Waals surface area (Å²) in [5.74, 6) is 3.14. The Kier molecular flexibility index (Phi) is 6.02. The van der Waals surface area contributed by atoms with Crippen LogP contribution in [-0.2, 0) is 6.42 Å². The molecule has 0 aliphatic heterocycles. The summed E-state index contributed by atoms with van der Waals surface area (Å²) in [6.07, 6.45) is 8.36. The fraction of sp³-hybridized carbons (Fsp3) is 0.875. The molecule has 0 spiro atoms. The van der Waals surface area contributed by atoms with Gasteiger partial charge < -0.3 is 9.84 Å². The Morgan fingerprint density at radius 2 is 2.20 bits per heavy atom. The van der Waals surface area contributed by atoms with Crippen molar-refractivity contribution in [1.82, 2.24) is 15.5 Å². The first-order valence-electron chi connectivity index (χ1n) is 8.28. The molecule has 1 aliphatic rings. The van der Waals surface area contributed by atoms with Gasteiger partial charge in [0.05, 0.1) is 0 Å². The molecule has 4 nitrogen and oxygen atoms in total. The van der Waals surface area contributed by atoms with Crippen LogP contribution in [0, 0.1) is 5.92 Å². The van der Waals surface area contributed by atoms with Crippen molar-refractivity contribution in [2.24, 2.45) is 5.92 Å². The molecule has 1 fully saturated rings. The van der Waals surface area contributed by atoms with Gasteiger partial charge in [-0.05, 0) is 38.6 Å². The van der Waals surface area contributed by atoms with E-state index in [4.69, 9.17) is 4.52 Å². The Hall–Kier alpha value is -0.900. The van der Waals surface area contributed by atoms with Crippen LogP contribution in [0.25, 0.3) is 0 Å². The van der Waals surface area contributed by atoms with E-state index < -0.39 is 0 Å². The minimum absolute atomic E-state index is 0.509. The van der Waals surface area contributed by atoms with Gasteiger partial charge in [0.15, 0.2) is 5.82 Å². The summed E-state index contributed by atoms with van der Waals surface area (Å²) < 4.78 is 5.43. The van der Waals surface area contributed by atoms with E-state index in [0.29, 0.717) is 12.0 Å². The molecular formula is C16H29N3O. The van der Waals surface area contributed by atoms with Crippen LogP contribution in [0.15, 0.2) is 4.52 Å². The first kappa shape index (κ1) is 15.5. The van der Waals surface area contributed by atoms with Gasteiger partial charge in [-0.15, -0.1) is 0 Å². The quantitative estimate of drug-likeness (QED) is 0.827. The summed E-state index contributed by atoms with van der Waals surface area (Å²) in [6.45, 7) is 7.63. The van der Waals surface area contributed by atoms with Crippen LogP contribution in [0.3, 0.4) is 0 Å². The highest BCUT2D eigenvalue weighted by molar-refractivity contribution is 4.98. The Morgan fingerprint density at radius 1 is 1.35 bits per heavy atom. The van der Waals surface area contributed by atoms with Crippen molar-refractivity contribution in [2.75, 3.05) is 6.54 Å². The fourth-order valence-electron chi connectivity index (χ4n) is 3.22. The lowest BCUT2D eigenvalue weighted by atomic mass is 9.80. The van der Waals surface area contributed by atoms with Crippen molar-refractivity contribution in [3.63, 3.8) is 0 Å². The zero-order chi connectivity index (χ0) is 14.4. The van der Waals surface area contributed by atoms with Crippen LogP contribution in [0.2, 0.25) is 0 Å². The molecule has 1 aromatic rings. The van der Waals surface area contributed by atoms with Gasteiger partial charge in [-0.2, -0.15) is 4.98 Å². The van der Waals surface area contributed by atoms with Crippen LogP contribution >= 0.6 is 0 Å². The van der Waals surface area contributed by atoms with Crippen molar-refractivity contribution in [3.05, 3.63) is 11.7 Å². The van der Waals surface area contributed by atoms with Crippen LogP contribution < -0.4 is 5.32 Å². The molecule has 1 aliphatic carbocycles. The number of nitrogens with one attached hydrogen (secondary N) is 1. The minimum Gasteiger partial charge on any atom is -0.339 e. The minimum atomic E-state index is 0.509. The average Bonchev–Trinajstić information content (AvgIpc) is 2.94. The van der Waals surface area contributed by atoms with Crippen LogP contribution in [0.5, 0.6) is 0 Å². The molecule has 0 bridgehead atoms. The highest BCUT2D eigenvalue weighted by Crippen LogP contribution is 2.36. The second kappa shape index (κ2) is 7.77. The number of aromatic nitrogens is 2. The van der Waals surface area contributed by atoms with Gasteiger partial charge in [-0.3, -0.25) is 0 Å². The molecule has 20 heavy (non-hydrogen) atoms. The molecule has 0 radical (unpaired) electrons. The van der Waals surface area contributed by atoms with Crippen LogP contribution in [0.1, 0.15) is 76.9 Å². The maximum Gasteiger partial charge on any atom is 0.226 e. The lowest BCUT2D eigenvalue weighted by molar-refractivity contribution is 0.297. The lowest BCUT2D eigenvalue weighted by Gasteiger charge is -2.26. The maximum atomic E-state index is 5.43. The van der Waals surface area contributed by atoms with E-state index in [0.717, 1.165) is 37.0 Å². The van der Waals surface area contributed by atoms with Crippen LogP contribution in [0.4, 0.5) is 0 Å². The van der Waals surface area contributed by atoms with Gasteiger partial charge in [-0.25, -0.2) is 0 Å². The number of aryl methyl sites for hydroxylation is 1. The molecule has 1 saturated carbocycles. The van der Waals surface area contributed by atoms with E-state index in [9.17, 15) is 0 Å². The molecule has 0 amide bonds. The van der Waals surface area contributed by atoms with Gasteiger partial charge >= 0.3 is 0 Å². The van der Waals surface area contributed by atoms with Gasteiger partial charge in [0.1, 0.15) is 0 Å². The van der Waals surface area contributed by atoms with E-state index in [1.165, 1.54) is 32.1 Å². The highest BCUT2D eigenvalue weighted by atomic mass is 16.5. The van der Waals surface area contributed by atoms with Gasteiger partial charge in [0.2, 0.25) is 5.89 Å². The predicted octanol–water partition coefficient (Wildman–Crippen LogP) is 3.68. The third-order valence-corrected chi connectivity index (χ3v) is 4.55. The molecule has 3 unspecified atom stereocenters. The number of nitrogens with zero attached hydrogens (tertiary/aromatic N) is 2. The summed E-state index contributed by atoms with van der Waals surface area (Å²) in [7, 11) is 0. The Labute approximate surface area is 122 Å². The molecular weight excluding hydrogens is 250 g/mol. The Bertz CT molecular complexity index is 391. The van der Waals surface area contributed by atoms with E-state index in [1.54, 1.807) is 0 Å². The largest absolute Gasteiger partial charge is 0.339 e. The number of hydrogen-bond donors (Lipinski definition) is 1. The van der Waals surface area contributed by atoms with E-state index in [2.05, 4.69) is 36.2 Å². The van der Waals surface area contributed by atoms with E-state index >= 15 is 0 Å². The number of rotatable bonds is 7. The molecule has 1 N–H and O–H groups in total.